The fourth-order valence-corrected chi connectivity index (χ4v) is 2.22. The minimum absolute atomic E-state index is 0.194. The molecule has 0 saturated carbocycles. The number of amides is 1. The molecule has 0 atom stereocenters. The van der Waals surface area contributed by atoms with E-state index in [4.69, 9.17) is 9.47 Å². The molecule has 0 bridgehead atoms. The zero-order chi connectivity index (χ0) is 16.7. The van der Waals surface area contributed by atoms with E-state index in [9.17, 15) is 4.79 Å². The second-order valence-electron chi connectivity index (χ2n) is 4.67. The first-order valence-corrected chi connectivity index (χ1v) is 7.97. The van der Waals surface area contributed by atoms with E-state index in [2.05, 4.69) is 21.2 Å². The molecule has 2 rings (SSSR count). The van der Waals surface area contributed by atoms with Crippen molar-refractivity contribution in [1.29, 1.82) is 0 Å². The number of benzene rings is 2. The molecule has 0 aromatic heterocycles. The number of nitrogens with one attached hydrogen (secondary N) is 1. The van der Waals surface area contributed by atoms with E-state index in [1.807, 2.05) is 49.4 Å². The Labute approximate surface area is 144 Å². The number of halogens is 1. The topological polar surface area (TPSA) is 47.6 Å². The van der Waals surface area contributed by atoms with Crippen LogP contribution in [0.1, 0.15) is 12.5 Å². The van der Waals surface area contributed by atoms with E-state index >= 15 is 0 Å². The van der Waals surface area contributed by atoms with Gasteiger partial charge in [-0.3, -0.25) is 4.79 Å². The predicted molar refractivity (Wildman–Crippen MR) is 96.0 cm³/mol. The van der Waals surface area contributed by atoms with Crippen LogP contribution in [0, 0.1) is 0 Å². The van der Waals surface area contributed by atoms with Gasteiger partial charge in [0.05, 0.1) is 13.7 Å². The van der Waals surface area contributed by atoms with Crippen LogP contribution in [0.25, 0.3) is 6.08 Å². The van der Waals surface area contributed by atoms with Crippen LogP contribution in [0.4, 0.5) is 5.69 Å². The van der Waals surface area contributed by atoms with Gasteiger partial charge in [0.25, 0.3) is 0 Å². The number of anilines is 1. The Morgan fingerprint density at radius 2 is 1.91 bits per heavy atom. The second-order valence-corrected chi connectivity index (χ2v) is 5.59. The van der Waals surface area contributed by atoms with Gasteiger partial charge >= 0.3 is 0 Å². The summed E-state index contributed by atoms with van der Waals surface area (Å²) >= 11 is 3.35. The van der Waals surface area contributed by atoms with Crippen molar-refractivity contribution in [3.63, 3.8) is 0 Å². The first-order chi connectivity index (χ1) is 11.1. The Balaban J connectivity index is 2.04. The Kier molecular flexibility index (Phi) is 6.23. The minimum Gasteiger partial charge on any atom is -0.493 e. The van der Waals surface area contributed by atoms with Crippen LogP contribution in [0.15, 0.2) is 53.0 Å². The van der Waals surface area contributed by atoms with Crippen LogP contribution < -0.4 is 14.8 Å². The zero-order valence-corrected chi connectivity index (χ0v) is 14.6. The molecule has 0 fully saturated rings. The molecule has 2 aromatic rings. The van der Waals surface area contributed by atoms with Crippen LogP contribution in [-0.4, -0.2) is 19.6 Å². The maximum absolute atomic E-state index is 11.9. The Morgan fingerprint density at radius 3 is 2.57 bits per heavy atom. The highest BCUT2D eigenvalue weighted by molar-refractivity contribution is 9.10. The van der Waals surface area contributed by atoms with Crippen molar-refractivity contribution in [1.82, 2.24) is 0 Å². The molecular formula is C18H18BrNO3. The molecule has 0 spiro atoms. The van der Waals surface area contributed by atoms with Crippen LogP contribution in [0.3, 0.4) is 0 Å². The van der Waals surface area contributed by atoms with Gasteiger partial charge in [-0.05, 0) is 55.0 Å². The standard InChI is InChI=1S/C18H18BrNO3/c1-3-23-16-10-4-13(12-17(16)22-2)5-11-18(21)20-15-8-6-14(19)7-9-15/h4-12H,3H2,1-2H3,(H,20,21)/b11-5+. The fourth-order valence-electron chi connectivity index (χ4n) is 1.95. The van der Waals surface area contributed by atoms with E-state index in [-0.39, 0.29) is 5.91 Å². The molecule has 0 unspecified atom stereocenters. The first-order valence-electron chi connectivity index (χ1n) is 7.18. The largest absolute Gasteiger partial charge is 0.493 e. The van der Waals surface area contributed by atoms with Crippen LogP contribution in [0.5, 0.6) is 11.5 Å². The Morgan fingerprint density at radius 1 is 1.17 bits per heavy atom. The van der Waals surface area contributed by atoms with Crippen LogP contribution in [0.2, 0.25) is 0 Å². The molecule has 5 heteroatoms. The summed E-state index contributed by atoms with van der Waals surface area (Å²) in [7, 11) is 1.59. The molecule has 23 heavy (non-hydrogen) atoms. The van der Waals surface area contributed by atoms with Gasteiger partial charge in [-0.15, -0.1) is 0 Å². The van der Waals surface area contributed by atoms with Gasteiger partial charge in [-0.25, -0.2) is 0 Å². The highest BCUT2D eigenvalue weighted by Gasteiger charge is 2.04. The van der Waals surface area contributed by atoms with Gasteiger partial charge in [0, 0.05) is 16.2 Å². The van der Waals surface area contributed by atoms with Crippen molar-refractivity contribution in [3.05, 3.63) is 58.6 Å². The number of methoxy groups -OCH3 is 1. The lowest BCUT2D eigenvalue weighted by molar-refractivity contribution is -0.111. The molecule has 0 heterocycles. The van der Waals surface area contributed by atoms with Crippen molar-refractivity contribution in [2.75, 3.05) is 19.0 Å². The molecule has 1 amide bonds. The van der Waals surface area contributed by atoms with E-state index in [0.29, 0.717) is 18.1 Å². The molecule has 120 valence electrons. The van der Waals surface area contributed by atoms with Crippen LogP contribution in [-0.2, 0) is 4.79 Å². The molecule has 4 nitrogen and oxygen atoms in total. The highest BCUT2D eigenvalue weighted by Crippen LogP contribution is 2.28. The van der Waals surface area contributed by atoms with Gasteiger partial charge in [0.2, 0.25) is 5.91 Å². The summed E-state index contributed by atoms with van der Waals surface area (Å²) in [5, 5.41) is 2.80. The van der Waals surface area contributed by atoms with Gasteiger partial charge in [0.1, 0.15) is 0 Å². The number of hydrogen-bond donors (Lipinski definition) is 1. The third-order valence-corrected chi connectivity index (χ3v) is 3.56. The normalized spacial score (nSPS) is 10.6. The van der Waals surface area contributed by atoms with E-state index in [1.54, 1.807) is 13.2 Å². The summed E-state index contributed by atoms with van der Waals surface area (Å²) in [6.07, 6.45) is 3.21. The Bertz CT molecular complexity index is 696. The monoisotopic (exact) mass is 375 g/mol. The second kappa shape index (κ2) is 8.39. The van der Waals surface area contributed by atoms with Gasteiger partial charge in [0.15, 0.2) is 11.5 Å². The fraction of sp³-hybridized carbons (Fsp3) is 0.167. The number of ether oxygens (including phenoxy) is 2. The van der Waals surface area contributed by atoms with E-state index in [1.165, 1.54) is 6.08 Å². The van der Waals surface area contributed by atoms with Crippen molar-refractivity contribution in [3.8, 4) is 11.5 Å². The summed E-state index contributed by atoms with van der Waals surface area (Å²) in [5.74, 6) is 1.13. The minimum atomic E-state index is -0.194. The third-order valence-electron chi connectivity index (χ3n) is 3.03. The third kappa shape index (κ3) is 5.14. The highest BCUT2D eigenvalue weighted by atomic mass is 79.9. The molecule has 0 radical (unpaired) electrons. The quantitative estimate of drug-likeness (QED) is 0.755. The number of carbonyl (C=O) groups is 1. The molecule has 2 aromatic carbocycles. The van der Waals surface area contributed by atoms with Crippen molar-refractivity contribution < 1.29 is 14.3 Å². The molecular weight excluding hydrogens is 358 g/mol. The summed E-state index contributed by atoms with van der Waals surface area (Å²) in [4.78, 5) is 11.9. The zero-order valence-electron chi connectivity index (χ0n) is 13.0. The van der Waals surface area contributed by atoms with Gasteiger partial charge < -0.3 is 14.8 Å². The first kappa shape index (κ1) is 17.1. The van der Waals surface area contributed by atoms with Crippen molar-refractivity contribution in [2.24, 2.45) is 0 Å². The summed E-state index contributed by atoms with van der Waals surface area (Å²) in [5.41, 5.74) is 1.60. The van der Waals surface area contributed by atoms with Crippen molar-refractivity contribution in [2.45, 2.75) is 6.92 Å². The lowest BCUT2D eigenvalue weighted by Crippen LogP contribution is -2.07. The average molecular weight is 376 g/mol. The molecule has 0 aliphatic heterocycles. The van der Waals surface area contributed by atoms with Crippen molar-refractivity contribution >= 4 is 33.6 Å². The summed E-state index contributed by atoms with van der Waals surface area (Å²) in [6.45, 7) is 2.49. The summed E-state index contributed by atoms with van der Waals surface area (Å²) in [6, 6.07) is 12.9. The molecule has 0 aliphatic carbocycles. The lowest BCUT2D eigenvalue weighted by Gasteiger charge is -2.09. The number of rotatable bonds is 6. The maximum atomic E-state index is 11.9. The average Bonchev–Trinajstić information content (AvgIpc) is 2.56. The maximum Gasteiger partial charge on any atom is 0.248 e. The predicted octanol–water partition coefficient (Wildman–Crippen LogP) is 4.51. The van der Waals surface area contributed by atoms with E-state index < -0.39 is 0 Å². The van der Waals surface area contributed by atoms with Crippen LogP contribution >= 0.6 is 15.9 Å². The van der Waals surface area contributed by atoms with Gasteiger partial charge in [-0.2, -0.15) is 0 Å². The lowest BCUT2D eigenvalue weighted by atomic mass is 10.2. The number of hydrogen-bond acceptors (Lipinski definition) is 3. The van der Waals surface area contributed by atoms with Gasteiger partial charge in [-0.1, -0.05) is 22.0 Å². The summed E-state index contributed by atoms with van der Waals surface area (Å²) < 4.78 is 11.7. The van der Waals surface area contributed by atoms with E-state index in [0.717, 1.165) is 15.7 Å². The molecule has 0 saturated heterocycles. The molecule has 1 N–H and O–H groups in total. The number of carbonyl (C=O) groups excluding carboxylic acids is 1. The molecule has 0 aliphatic rings. The Hall–Kier alpha value is -2.27. The smallest absolute Gasteiger partial charge is 0.248 e. The SMILES string of the molecule is CCOc1ccc(/C=C/C(=O)Nc2ccc(Br)cc2)cc1OC.